The number of carboxylic acids is 1. The summed E-state index contributed by atoms with van der Waals surface area (Å²) < 4.78 is 0. The highest BCUT2D eigenvalue weighted by Gasteiger charge is 2.06. The quantitative estimate of drug-likeness (QED) is 0.498. The minimum atomic E-state index is -0.695. The van der Waals surface area contributed by atoms with Gasteiger partial charge < -0.3 is 5.11 Å². The molecule has 0 rings (SSSR count). The number of carboxylic acid groups (broad SMARTS) is 1. The Kier molecular flexibility index (Phi) is 7.26. The number of hydrogen-bond donors (Lipinski definition) is 1. The summed E-state index contributed by atoms with van der Waals surface area (Å²) in [5, 5.41) is 8.47. The molecule has 1 atom stereocenters. The van der Waals surface area contributed by atoms with E-state index in [2.05, 4.69) is 0 Å². The molecule has 0 amide bonds. The molecular weight excluding hydrogens is 176 g/mol. The summed E-state index contributed by atoms with van der Waals surface area (Å²) in [7, 11) is 0. The molecule has 0 aromatic rings. The van der Waals surface area contributed by atoms with Gasteiger partial charge in [0.2, 0.25) is 0 Å². The van der Waals surface area contributed by atoms with Crippen LogP contribution >= 0.6 is 11.6 Å². The number of carbonyl (C=O) groups is 1. The highest BCUT2D eigenvalue weighted by Crippen LogP contribution is 2.12. The average molecular weight is 193 g/mol. The fraction of sp³-hybridized carbons (Fsp3) is 0.889. The van der Waals surface area contributed by atoms with Crippen LogP contribution in [0.3, 0.4) is 0 Å². The Morgan fingerprint density at radius 3 is 2.58 bits per heavy atom. The Morgan fingerprint density at radius 1 is 1.42 bits per heavy atom. The third-order valence-electron chi connectivity index (χ3n) is 1.85. The molecule has 0 bridgehead atoms. The van der Waals surface area contributed by atoms with E-state index in [0.29, 0.717) is 18.2 Å². The van der Waals surface area contributed by atoms with Gasteiger partial charge in [0.1, 0.15) is 0 Å². The van der Waals surface area contributed by atoms with Gasteiger partial charge in [0.15, 0.2) is 0 Å². The number of aliphatic carboxylic acids is 1. The van der Waals surface area contributed by atoms with Crippen molar-refractivity contribution in [3.63, 3.8) is 0 Å². The van der Waals surface area contributed by atoms with Crippen LogP contribution in [-0.2, 0) is 4.79 Å². The third-order valence-corrected chi connectivity index (χ3v) is 2.12. The van der Waals surface area contributed by atoms with E-state index < -0.39 is 5.97 Å². The van der Waals surface area contributed by atoms with Gasteiger partial charge in [-0.3, -0.25) is 4.79 Å². The third kappa shape index (κ3) is 7.86. The van der Waals surface area contributed by atoms with Crippen LogP contribution in [0.4, 0.5) is 0 Å². The van der Waals surface area contributed by atoms with Crippen molar-refractivity contribution in [3.05, 3.63) is 0 Å². The molecule has 1 N–H and O–H groups in total. The van der Waals surface area contributed by atoms with Crippen LogP contribution in [0.15, 0.2) is 0 Å². The number of halogens is 1. The molecule has 0 aromatic heterocycles. The summed E-state index contributed by atoms with van der Waals surface area (Å²) in [6, 6.07) is 0. The van der Waals surface area contributed by atoms with Gasteiger partial charge in [-0.05, 0) is 12.3 Å². The molecule has 0 aliphatic rings. The normalized spacial score (nSPS) is 12.8. The molecule has 0 spiro atoms. The predicted molar refractivity (Wildman–Crippen MR) is 50.6 cm³/mol. The minimum Gasteiger partial charge on any atom is -0.481 e. The second-order valence-electron chi connectivity index (χ2n) is 3.24. The van der Waals surface area contributed by atoms with Crippen molar-refractivity contribution >= 4 is 17.6 Å². The molecule has 0 aliphatic heterocycles. The summed E-state index contributed by atoms with van der Waals surface area (Å²) >= 11 is 5.51. The van der Waals surface area contributed by atoms with E-state index in [0.717, 1.165) is 25.7 Å². The van der Waals surface area contributed by atoms with E-state index >= 15 is 0 Å². The molecule has 0 aliphatic carbocycles. The van der Waals surface area contributed by atoms with Crippen LogP contribution in [-0.4, -0.2) is 17.0 Å². The summed E-state index contributed by atoms with van der Waals surface area (Å²) in [4.78, 5) is 10.3. The molecule has 0 saturated carbocycles. The molecule has 72 valence electrons. The zero-order valence-electron chi connectivity index (χ0n) is 7.55. The Balaban J connectivity index is 3.19. The summed E-state index contributed by atoms with van der Waals surface area (Å²) in [6.45, 7) is 1.98. The fourth-order valence-electron chi connectivity index (χ4n) is 1.16. The van der Waals surface area contributed by atoms with Gasteiger partial charge in [0, 0.05) is 12.3 Å². The highest BCUT2D eigenvalue weighted by molar-refractivity contribution is 6.17. The van der Waals surface area contributed by atoms with Crippen molar-refractivity contribution in [1.82, 2.24) is 0 Å². The zero-order valence-corrected chi connectivity index (χ0v) is 8.31. The van der Waals surface area contributed by atoms with Crippen molar-refractivity contribution in [2.75, 3.05) is 5.88 Å². The Hall–Kier alpha value is -0.240. The fourth-order valence-corrected chi connectivity index (χ4v) is 1.35. The molecule has 2 nitrogen and oxygen atoms in total. The van der Waals surface area contributed by atoms with Gasteiger partial charge in [-0.1, -0.05) is 26.2 Å². The molecule has 3 heteroatoms. The molecule has 0 saturated heterocycles. The van der Waals surface area contributed by atoms with Crippen LogP contribution < -0.4 is 0 Å². The molecule has 12 heavy (non-hydrogen) atoms. The first-order valence-electron chi connectivity index (χ1n) is 4.44. The van der Waals surface area contributed by atoms with Crippen molar-refractivity contribution in [3.8, 4) is 0 Å². The van der Waals surface area contributed by atoms with Gasteiger partial charge in [0.05, 0.1) is 0 Å². The predicted octanol–water partition coefficient (Wildman–Crippen LogP) is 2.90. The maximum absolute atomic E-state index is 10.3. The van der Waals surface area contributed by atoms with E-state index in [-0.39, 0.29) is 0 Å². The van der Waals surface area contributed by atoms with Gasteiger partial charge in [-0.2, -0.15) is 0 Å². The molecule has 0 aromatic carbocycles. The largest absolute Gasteiger partial charge is 0.481 e. The van der Waals surface area contributed by atoms with Crippen LogP contribution in [0, 0.1) is 5.92 Å². The summed E-state index contributed by atoms with van der Waals surface area (Å²) in [6.07, 6.45) is 4.56. The number of alkyl halides is 1. The maximum Gasteiger partial charge on any atom is 0.303 e. The Labute approximate surface area is 78.9 Å². The van der Waals surface area contributed by atoms with E-state index in [1.807, 2.05) is 6.92 Å². The first-order valence-corrected chi connectivity index (χ1v) is 4.98. The Morgan fingerprint density at radius 2 is 2.08 bits per heavy atom. The number of hydrogen-bond acceptors (Lipinski definition) is 1. The second-order valence-corrected chi connectivity index (χ2v) is 3.62. The van der Waals surface area contributed by atoms with Gasteiger partial charge >= 0.3 is 5.97 Å². The van der Waals surface area contributed by atoms with Crippen molar-refractivity contribution in [1.29, 1.82) is 0 Å². The van der Waals surface area contributed by atoms with Crippen LogP contribution in [0.25, 0.3) is 0 Å². The van der Waals surface area contributed by atoms with Crippen LogP contribution in [0.1, 0.15) is 39.0 Å². The lowest BCUT2D eigenvalue weighted by Crippen LogP contribution is -2.03. The summed E-state index contributed by atoms with van der Waals surface area (Å²) in [5.41, 5.74) is 0. The molecule has 0 radical (unpaired) electrons. The lowest BCUT2D eigenvalue weighted by Gasteiger charge is -2.06. The van der Waals surface area contributed by atoms with E-state index in [1.54, 1.807) is 0 Å². The van der Waals surface area contributed by atoms with Gasteiger partial charge in [0.25, 0.3) is 0 Å². The van der Waals surface area contributed by atoms with Crippen molar-refractivity contribution < 1.29 is 9.90 Å². The molecule has 1 unspecified atom stereocenters. The monoisotopic (exact) mass is 192 g/mol. The Bertz CT molecular complexity index is 126. The van der Waals surface area contributed by atoms with E-state index in [9.17, 15) is 4.79 Å². The number of rotatable bonds is 7. The first kappa shape index (κ1) is 11.8. The average Bonchev–Trinajstić information content (AvgIpc) is 1.97. The van der Waals surface area contributed by atoms with E-state index in [4.69, 9.17) is 16.7 Å². The topological polar surface area (TPSA) is 37.3 Å². The molecule has 0 fully saturated rings. The lowest BCUT2D eigenvalue weighted by molar-refractivity contribution is -0.138. The maximum atomic E-state index is 10.3. The number of unbranched alkanes of at least 4 members (excludes halogenated alkanes) is 2. The molecule has 0 heterocycles. The van der Waals surface area contributed by atoms with Crippen molar-refractivity contribution in [2.45, 2.75) is 39.0 Å². The SMILES string of the molecule is CC(CCCCCCl)CC(=O)O. The first-order chi connectivity index (χ1) is 5.66. The van der Waals surface area contributed by atoms with Crippen LogP contribution in [0.5, 0.6) is 0 Å². The van der Waals surface area contributed by atoms with Gasteiger partial charge in [-0.15, -0.1) is 11.6 Å². The lowest BCUT2D eigenvalue weighted by atomic mass is 10.0. The highest BCUT2D eigenvalue weighted by atomic mass is 35.5. The second kappa shape index (κ2) is 7.41. The minimum absolute atomic E-state index is 0.293. The zero-order chi connectivity index (χ0) is 9.40. The standard InChI is InChI=1S/C9H17ClO2/c1-8(7-9(11)12)5-3-2-4-6-10/h8H,2-7H2,1H3,(H,11,12). The molecular formula is C9H17ClO2. The summed E-state index contributed by atoms with van der Waals surface area (Å²) in [5.74, 6) is 0.325. The smallest absolute Gasteiger partial charge is 0.303 e. The van der Waals surface area contributed by atoms with Crippen LogP contribution in [0.2, 0.25) is 0 Å². The van der Waals surface area contributed by atoms with Gasteiger partial charge in [-0.25, -0.2) is 0 Å². The van der Waals surface area contributed by atoms with Crippen molar-refractivity contribution in [2.24, 2.45) is 5.92 Å². The van der Waals surface area contributed by atoms with E-state index in [1.165, 1.54) is 0 Å².